The van der Waals surface area contributed by atoms with Crippen molar-refractivity contribution in [2.75, 3.05) is 25.5 Å². The number of esters is 1. The van der Waals surface area contributed by atoms with Crippen LogP contribution in [-0.4, -0.2) is 52.8 Å². The summed E-state index contributed by atoms with van der Waals surface area (Å²) in [6.45, 7) is 1.03. The molecule has 1 aliphatic rings. The van der Waals surface area contributed by atoms with Crippen LogP contribution in [0.1, 0.15) is 6.42 Å². The molecule has 0 aromatic carbocycles. The average molecular weight is 252 g/mol. The number of hydrogen-bond acceptors (Lipinski definition) is 5. The number of carbonyl (C=O) groups is 2. The van der Waals surface area contributed by atoms with E-state index in [0.29, 0.717) is 19.0 Å². The molecule has 1 atom stereocenters. The summed E-state index contributed by atoms with van der Waals surface area (Å²) in [7, 11) is 3.54. The van der Waals surface area contributed by atoms with Gasteiger partial charge in [0, 0.05) is 19.7 Å². The lowest BCUT2D eigenvalue weighted by Crippen LogP contribution is -2.48. The van der Waals surface area contributed by atoms with Crippen LogP contribution in [0, 0.1) is 0 Å². The molecule has 2 heterocycles. The first-order valence-electron chi connectivity index (χ1n) is 5.72. The van der Waals surface area contributed by atoms with Crippen molar-refractivity contribution in [2.45, 2.75) is 12.5 Å². The first-order chi connectivity index (χ1) is 8.58. The summed E-state index contributed by atoms with van der Waals surface area (Å²) in [5.74, 6) is 0.0324. The lowest BCUT2D eigenvalue weighted by molar-refractivity contribution is -0.157. The first-order valence-corrected chi connectivity index (χ1v) is 5.72. The average Bonchev–Trinajstić information content (AvgIpc) is 2.70. The second-order valence-electron chi connectivity index (χ2n) is 4.26. The number of carbonyl (C=O) groups excluding carboxylic acids is 2. The van der Waals surface area contributed by atoms with E-state index in [1.165, 1.54) is 0 Å². The van der Waals surface area contributed by atoms with E-state index in [9.17, 15) is 9.59 Å². The predicted octanol–water partition coefficient (Wildman–Crippen LogP) is -0.394. The van der Waals surface area contributed by atoms with E-state index in [1.807, 2.05) is 11.9 Å². The zero-order valence-corrected chi connectivity index (χ0v) is 10.4. The molecule has 1 aromatic heterocycles. The number of hydrogen-bond donors (Lipinski definition) is 1. The van der Waals surface area contributed by atoms with E-state index in [2.05, 4.69) is 10.4 Å². The van der Waals surface area contributed by atoms with Crippen LogP contribution < -0.4 is 5.32 Å². The number of cyclic esters (lactones) is 1. The molecule has 0 saturated carbocycles. The van der Waals surface area contributed by atoms with Gasteiger partial charge in [0.25, 0.3) is 0 Å². The fraction of sp³-hybridized carbons (Fsp3) is 0.545. The molecule has 7 heteroatoms. The number of amides is 1. The van der Waals surface area contributed by atoms with Crippen LogP contribution in [0.25, 0.3) is 0 Å². The minimum Gasteiger partial charge on any atom is -0.463 e. The van der Waals surface area contributed by atoms with Gasteiger partial charge in [-0.1, -0.05) is 0 Å². The summed E-state index contributed by atoms with van der Waals surface area (Å²) in [6, 6.07) is 1.19. The second-order valence-corrected chi connectivity index (χ2v) is 4.26. The molecule has 1 N–H and O–H groups in total. The fourth-order valence-electron chi connectivity index (χ4n) is 1.83. The van der Waals surface area contributed by atoms with Crippen molar-refractivity contribution in [3.63, 3.8) is 0 Å². The Kier molecular flexibility index (Phi) is 3.61. The number of aromatic nitrogens is 2. The quantitative estimate of drug-likeness (QED) is 0.741. The molecule has 0 radical (unpaired) electrons. The van der Waals surface area contributed by atoms with Crippen LogP contribution in [0.2, 0.25) is 0 Å². The van der Waals surface area contributed by atoms with E-state index in [0.717, 1.165) is 0 Å². The van der Waals surface area contributed by atoms with Crippen LogP contribution in [0.4, 0.5) is 5.82 Å². The highest BCUT2D eigenvalue weighted by molar-refractivity contribution is 5.93. The molecule has 1 unspecified atom stereocenters. The highest BCUT2D eigenvalue weighted by Crippen LogP contribution is 2.11. The van der Waals surface area contributed by atoms with Crippen molar-refractivity contribution in [1.29, 1.82) is 0 Å². The Morgan fingerprint density at radius 1 is 1.61 bits per heavy atom. The van der Waals surface area contributed by atoms with Crippen LogP contribution in [-0.2, 0) is 21.4 Å². The van der Waals surface area contributed by atoms with Gasteiger partial charge in [-0.05, 0) is 7.05 Å². The zero-order chi connectivity index (χ0) is 13.1. The fourth-order valence-corrected chi connectivity index (χ4v) is 1.83. The molecule has 18 heavy (non-hydrogen) atoms. The van der Waals surface area contributed by atoms with E-state index in [1.54, 1.807) is 24.0 Å². The molecule has 0 bridgehead atoms. The van der Waals surface area contributed by atoms with Gasteiger partial charge in [-0.25, -0.2) is 0 Å². The monoisotopic (exact) mass is 252 g/mol. The van der Waals surface area contributed by atoms with Gasteiger partial charge in [0.15, 0.2) is 0 Å². The van der Waals surface area contributed by atoms with Gasteiger partial charge in [0.05, 0.1) is 12.6 Å². The third-order valence-corrected chi connectivity index (χ3v) is 2.96. The summed E-state index contributed by atoms with van der Waals surface area (Å²) < 4.78 is 6.50. The van der Waals surface area contributed by atoms with Gasteiger partial charge >= 0.3 is 5.97 Å². The minimum atomic E-state index is -0.507. The third kappa shape index (κ3) is 2.67. The zero-order valence-electron chi connectivity index (χ0n) is 10.4. The highest BCUT2D eigenvalue weighted by Gasteiger charge is 2.30. The molecule has 1 saturated heterocycles. The molecule has 1 fully saturated rings. The molecular weight excluding hydrogens is 236 g/mol. The summed E-state index contributed by atoms with van der Waals surface area (Å²) in [4.78, 5) is 25.2. The summed E-state index contributed by atoms with van der Waals surface area (Å²) in [5, 5.41) is 6.65. The second kappa shape index (κ2) is 5.18. The summed E-state index contributed by atoms with van der Waals surface area (Å²) in [5.41, 5.74) is 0. The van der Waals surface area contributed by atoms with Crippen LogP contribution in [0.15, 0.2) is 12.3 Å². The third-order valence-electron chi connectivity index (χ3n) is 2.96. The van der Waals surface area contributed by atoms with Gasteiger partial charge in [-0.15, -0.1) is 0 Å². The number of nitrogens with one attached hydrogen (secondary N) is 1. The molecule has 1 aliphatic heterocycles. The molecule has 98 valence electrons. The predicted molar refractivity (Wildman–Crippen MR) is 63.8 cm³/mol. The molecule has 2 rings (SSSR count). The number of ether oxygens (including phenoxy) is 1. The largest absolute Gasteiger partial charge is 0.463 e. The standard InChI is InChI=1S/C11H16N4O3/c1-14-5-6-18-11(17)8(14)7-10(16)13-9-3-4-12-15(9)2/h3-4,8H,5-7H2,1-2H3,(H,13,16). The van der Waals surface area contributed by atoms with Crippen molar-refractivity contribution in [3.8, 4) is 0 Å². The number of aryl methyl sites for hydroxylation is 1. The molecule has 0 aliphatic carbocycles. The van der Waals surface area contributed by atoms with Crippen LogP contribution in [0.3, 0.4) is 0 Å². The molecule has 1 amide bonds. The van der Waals surface area contributed by atoms with E-state index in [4.69, 9.17) is 4.74 Å². The van der Waals surface area contributed by atoms with E-state index < -0.39 is 6.04 Å². The summed E-state index contributed by atoms with van der Waals surface area (Å²) >= 11 is 0. The van der Waals surface area contributed by atoms with Gasteiger partial charge < -0.3 is 10.1 Å². The highest BCUT2D eigenvalue weighted by atomic mass is 16.5. The Morgan fingerprint density at radius 3 is 3.00 bits per heavy atom. The molecular formula is C11H16N4O3. The van der Waals surface area contributed by atoms with E-state index in [-0.39, 0.29) is 18.3 Å². The van der Waals surface area contributed by atoms with Crippen molar-refractivity contribution in [1.82, 2.24) is 14.7 Å². The SMILES string of the molecule is CN1CCOC(=O)C1CC(=O)Nc1ccnn1C. The van der Waals surface area contributed by atoms with Gasteiger partial charge in [0.1, 0.15) is 18.5 Å². The maximum absolute atomic E-state index is 11.8. The van der Waals surface area contributed by atoms with Crippen molar-refractivity contribution in [3.05, 3.63) is 12.3 Å². The Balaban J connectivity index is 1.94. The minimum absolute atomic E-state index is 0.0838. The van der Waals surface area contributed by atoms with Gasteiger partial charge in [0.2, 0.25) is 5.91 Å². The number of anilines is 1. The summed E-state index contributed by atoms with van der Waals surface area (Å²) in [6.07, 6.45) is 1.68. The number of morpholine rings is 1. The van der Waals surface area contributed by atoms with E-state index >= 15 is 0 Å². The maximum atomic E-state index is 11.8. The Bertz CT molecular complexity index is 457. The van der Waals surface area contributed by atoms with Crippen LogP contribution >= 0.6 is 0 Å². The number of nitrogens with zero attached hydrogens (tertiary/aromatic N) is 3. The number of likely N-dealkylation sites (N-methyl/N-ethyl adjacent to an activating group) is 1. The van der Waals surface area contributed by atoms with Crippen molar-refractivity contribution >= 4 is 17.7 Å². The maximum Gasteiger partial charge on any atom is 0.323 e. The van der Waals surface area contributed by atoms with Crippen LogP contribution in [0.5, 0.6) is 0 Å². The Labute approximate surface area is 105 Å². The first kappa shape index (κ1) is 12.6. The smallest absolute Gasteiger partial charge is 0.323 e. The molecule has 1 aromatic rings. The number of rotatable bonds is 3. The lowest BCUT2D eigenvalue weighted by atomic mass is 10.1. The lowest BCUT2D eigenvalue weighted by Gasteiger charge is -2.30. The molecule has 0 spiro atoms. The van der Waals surface area contributed by atoms with Gasteiger partial charge in [-0.3, -0.25) is 19.2 Å². The van der Waals surface area contributed by atoms with Crippen molar-refractivity contribution < 1.29 is 14.3 Å². The van der Waals surface area contributed by atoms with Gasteiger partial charge in [-0.2, -0.15) is 5.10 Å². The Hall–Kier alpha value is -1.89. The normalized spacial score (nSPS) is 20.6. The molecule has 7 nitrogen and oxygen atoms in total. The van der Waals surface area contributed by atoms with Crippen molar-refractivity contribution in [2.24, 2.45) is 7.05 Å². The Morgan fingerprint density at radius 2 is 2.39 bits per heavy atom. The topological polar surface area (TPSA) is 76.5 Å².